The van der Waals surface area contributed by atoms with Crippen molar-refractivity contribution in [3.63, 3.8) is 0 Å². The van der Waals surface area contributed by atoms with Crippen molar-refractivity contribution in [3.8, 4) is 0 Å². The highest BCUT2D eigenvalue weighted by atomic mass is 16.5. The normalized spacial score (nSPS) is 24.1. The SMILES string of the molecule is C=C[C@@H](N[C@H]1CCNC[C@@H]1C(=O)OCC)c1ccco1. The van der Waals surface area contributed by atoms with Gasteiger partial charge in [-0.15, -0.1) is 6.58 Å². The van der Waals surface area contributed by atoms with Gasteiger partial charge in [0.2, 0.25) is 0 Å². The van der Waals surface area contributed by atoms with Crippen LogP contribution in [-0.4, -0.2) is 31.7 Å². The summed E-state index contributed by atoms with van der Waals surface area (Å²) in [5.41, 5.74) is 0. The quantitative estimate of drug-likeness (QED) is 0.612. The van der Waals surface area contributed by atoms with Gasteiger partial charge in [-0.3, -0.25) is 4.79 Å². The molecule has 5 heteroatoms. The lowest BCUT2D eigenvalue weighted by molar-refractivity contribution is -0.149. The number of piperidine rings is 1. The molecule has 0 aromatic carbocycles. The largest absolute Gasteiger partial charge is 0.467 e. The van der Waals surface area contributed by atoms with Crippen LogP contribution in [0.25, 0.3) is 0 Å². The molecule has 1 aliphatic heterocycles. The third kappa shape index (κ3) is 3.49. The summed E-state index contributed by atoms with van der Waals surface area (Å²) in [5.74, 6) is 0.474. The van der Waals surface area contributed by atoms with Crippen molar-refractivity contribution in [2.45, 2.75) is 25.4 Å². The Bertz CT molecular complexity index is 430. The van der Waals surface area contributed by atoms with Gasteiger partial charge in [0.15, 0.2) is 0 Å². The van der Waals surface area contributed by atoms with Crippen LogP contribution < -0.4 is 10.6 Å². The van der Waals surface area contributed by atoms with Gasteiger partial charge >= 0.3 is 5.97 Å². The maximum atomic E-state index is 12.0. The smallest absolute Gasteiger partial charge is 0.311 e. The van der Waals surface area contributed by atoms with Crippen LogP contribution in [0, 0.1) is 5.92 Å². The Morgan fingerprint density at radius 1 is 1.75 bits per heavy atom. The van der Waals surface area contributed by atoms with Crippen molar-refractivity contribution in [2.75, 3.05) is 19.7 Å². The molecule has 3 atom stereocenters. The molecule has 20 heavy (non-hydrogen) atoms. The highest BCUT2D eigenvalue weighted by Crippen LogP contribution is 2.20. The second-order valence-electron chi connectivity index (χ2n) is 4.85. The Morgan fingerprint density at radius 2 is 2.60 bits per heavy atom. The molecular formula is C15H22N2O3. The molecule has 0 unspecified atom stereocenters. The van der Waals surface area contributed by atoms with Crippen molar-refractivity contribution in [2.24, 2.45) is 5.92 Å². The van der Waals surface area contributed by atoms with Gasteiger partial charge in [-0.05, 0) is 32.0 Å². The number of esters is 1. The lowest BCUT2D eigenvalue weighted by Crippen LogP contribution is -2.51. The van der Waals surface area contributed by atoms with Gasteiger partial charge in [0, 0.05) is 12.6 Å². The molecule has 2 rings (SSSR count). The van der Waals surface area contributed by atoms with Gasteiger partial charge < -0.3 is 19.8 Å². The maximum Gasteiger partial charge on any atom is 0.311 e. The number of furan rings is 1. The lowest BCUT2D eigenvalue weighted by Gasteiger charge is -2.33. The van der Waals surface area contributed by atoms with Crippen molar-refractivity contribution in [3.05, 3.63) is 36.8 Å². The molecule has 2 N–H and O–H groups in total. The van der Waals surface area contributed by atoms with Crippen LogP contribution in [0.1, 0.15) is 25.1 Å². The third-order valence-electron chi connectivity index (χ3n) is 3.55. The Hall–Kier alpha value is -1.59. The molecule has 1 aliphatic rings. The molecule has 110 valence electrons. The minimum absolute atomic E-state index is 0.0587. The first-order valence-corrected chi connectivity index (χ1v) is 7.05. The van der Waals surface area contributed by atoms with Crippen LogP contribution in [0.5, 0.6) is 0 Å². The van der Waals surface area contributed by atoms with Crippen LogP contribution in [0.15, 0.2) is 35.5 Å². The Morgan fingerprint density at radius 3 is 3.25 bits per heavy atom. The number of hydrogen-bond acceptors (Lipinski definition) is 5. The average molecular weight is 278 g/mol. The van der Waals surface area contributed by atoms with E-state index in [1.807, 2.05) is 19.1 Å². The second kappa shape index (κ2) is 7.26. The van der Waals surface area contributed by atoms with E-state index in [1.165, 1.54) is 0 Å². The monoisotopic (exact) mass is 278 g/mol. The summed E-state index contributed by atoms with van der Waals surface area (Å²) in [6, 6.07) is 3.71. The first kappa shape index (κ1) is 14.8. The Labute approximate surface area is 119 Å². The molecule has 1 fully saturated rings. The first-order chi connectivity index (χ1) is 9.76. The fourth-order valence-corrected chi connectivity index (χ4v) is 2.52. The molecule has 0 amide bonds. The number of carbonyl (C=O) groups excluding carboxylic acids is 1. The molecule has 5 nitrogen and oxygen atoms in total. The maximum absolute atomic E-state index is 12.0. The van der Waals surface area contributed by atoms with E-state index in [4.69, 9.17) is 9.15 Å². The topological polar surface area (TPSA) is 63.5 Å². The van der Waals surface area contributed by atoms with Gasteiger partial charge in [0.05, 0.1) is 24.8 Å². The lowest BCUT2D eigenvalue weighted by atomic mass is 9.92. The highest BCUT2D eigenvalue weighted by molar-refractivity contribution is 5.73. The van der Waals surface area contributed by atoms with E-state index in [-0.39, 0.29) is 24.0 Å². The van der Waals surface area contributed by atoms with Crippen molar-refractivity contribution >= 4 is 5.97 Å². The van der Waals surface area contributed by atoms with Crippen LogP contribution in [-0.2, 0) is 9.53 Å². The van der Waals surface area contributed by atoms with Crippen LogP contribution in [0.3, 0.4) is 0 Å². The summed E-state index contributed by atoms with van der Waals surface area (Å²) >= 11 is 0. The molecule has 0 spiro atoms. The van der Waals surface area contributed by atoms with E-state index in [0.29, 0.717) is 13.2 Å². The third-order valence-corrected chi connectivity index (χ3v) is 3.55. The van der Waals surface area contributed by atoms with Gasteiger partial charge in [-0.2, -0.15) is 0 Å². The number of nitrogens with one attached hydrogen (secondary N) is 2. The summed E-state index contributed by atoms with van der Waals surface area (Å²) in [5, 5.41) is 6.68. The summed E-state index contributed by atoms with van der Waals surface area (Å²) < 4.78 is 10.6. The van der Waals surface area contributed by atoms with Gasteiger partial charge in [0.1, 0.15) is 5.76 Å². The molecule has 1 aromatic heterocycles. The molecular weight excluding hydrogens is 256 g/mol. The van der Waals surface area contributed by atoms with Crippen LogP contribution >= 0.6 is 0 Å². The van der Waals surface area contributed by atoms with E-state index in [2.05, 4.69) is 17.2 Å². The molecule has 2 heterocycles. The van der Waals surface area contributed by atoms with Crippen molar-refractivity contribution in [1.29, 1.82) is 0 Å². The van der Waals surface area contributed by atoms with Gasteiger partial charge in [-0.1, -0.05) is 6.08 Å². The minimum atomic E-state index is -0.180. The predicted molar refractivity (Wildman–Crippen MR) is 76.2 cm³/mol. The standard InChI is InChI=1S/C15H22N2O3/c1-3-12(14-6-5-9-20-14)17-13-7-8-16-10-11(13)15(18)19-4-2/h3,5-6,9,11-13,16-17H,1,4,7-8,10H2,2H3/t11-,12+,13-/m0/s1. The minimum Gasteiger partial charge on any atom is -0.467 e. The number of carbonyl (C=O) groups is 1. The first-order valence-electron chi connectivity index (χ1n) is 7.05. The Balaban J connectivity index is 2.04. The zero-order valence-corrected chi connectivity index (χ0v) is 11.8. The molecule has 0 bridgehead atoms. The van der Waals surface area contributed by atoms with E-state index < -0.39 is 0 Å². The van der Waals surface area contributed by atoms with E-state index in [0.717, 1.165) is 18.7 Å². The molecule has 0 radical (unpaired) electrons. The van der Waals surface area contributed by atoms with Gasteiger partial charge in [0.25, 0.3) is 0 Å². The summed E-state index contributed by atoms with van der Waals surface area (Å²) in [4.78, 5) is 12.0. The molecule has 0 saturated carbocycles. The predicted octanol–water partition coefficient (Wildman–Crippen LogP) is 1.64. The van der Waals surface area contributed by atoms with Crippen molar-refractivity contribution in [1.82, 2.24) is 10.6 Å². The van der Waals surface area contributed by atoms with Crippen molar-refractivity contribution < 1.29 is 13.9 Å². The molecule has 1 saturated heterocycles. The van der Waals surface area contributed by atoms with E-state index >= 15 is 0 Å². The summed E-state index contributed by atoms with van der Waals surface area (Å²) in [6.45, 7) is 7.59. The number of ether oxygens (including phenoxy) is 1. The summed E-state index contributed by atoms with van der Waals surface area (Å²) in [6.07, 6.45) is 4.30. The molecule has 0 aliphatic carbocycles. The zero-order chi connectivity index (χ0) is 14.4. The van der Waals surface area contributed by atoms with E-state index in [1.54, 1.807) is 12.3 Å². The zero-order valence-electron chi connectivity index (χ0n) is 11.8. The highest BCUT2D eigenvalue weighted by Gasteiger charge is 2.33. The fourth-order valence-electron chi connectivity index (χ4n) is 2.52. The Kier molecular flexibility index (Phi) is 5.38. The van der Waals surface area contributed by atoms with Gasteiger partial charge in [-0.25, -0.2) is 0 Å². The van der Waals surface area contributed by atoms with E-state index in [9.17, 15) is 4.79 Å². The van der Waals surface area contributed by atoms with Crippen LogP contribution in [0.2, 0.25) is 0 Å². The summed E-state index contributed by atoms with van der Waals surface area (Å²) in [7, 11) is 0. The number of hydrogen-bond donors (Lipinski definition) is 2. The average Bonchev–Trinajstić information content (AvgIpc) is 2.99. The molecule has 1 aromatic rings. The van der Waals surface area contributed by atoms with Crippen LogP contribution in [0.4, 0.5) is 0 Å². The second-order valence-corrected chi connectivity index (χ2v) is 4.85. The number of rotatable bonds is 6. The fraction of sp³-hybridized carbons (Fsp3) is 0.533.